The SMILES string of the molecule is Cc1nc(CN([C@H]2CCCN(c3ccnn3C)C2=O)S(C)(=O)=O)cs1. The molecule has 2 aromatic rings. The maximum absolute atomic E-state index is 13.0. The molecule has 0 N–H and O–H groups in total. The van der Waals surface area contributed by atoms with Crippen LogP contribution in [0.1, 0.15) is 23.5 Å². The van der Waals surface area contributed by atoms with Gasteiger partial charge in [0.05, 0.1) is 29.7 Å². The molecule has 0 aliphatic carbocycles. The fourth-order valence-electron chi connectivity index (χ4n) is 3.08. The molecule has 0 spiro atoms. The standard InChI is InChI=1S/C15H21N5O3S2/c1-11-17-12(10-24-11)9-20(25(3,22)23)13-5-4-8-19(15(13)21)14-6-7-16-18(14)2/h6-7,10,13H,4-5,8-9H2,1-3H3/t13-/m0/s1. The Kier molecular flexibility index (Phi) is 4.94. The van der Waals surface area contributed by atoms with Gasteiger partial charge in [-0.25, -0.2) is 13.4 Å². The van der Waals surface area contributed by atoms with Crippen molar-refractivity contribution in [2.24, 2.45) is 7.05 Å². The van der Waals surface area contributed by atoms with Crippen LogP contribution in [0.3, 0.4) is 0 Å². The highest BCUT2D eigenvalue weighted by Gasteiger charge is 2.39. The number of rotatable bonds is 5. The number of anilines is 1. The number of carbonyl (C=O) groups is 1. The zero-order valence-electron chi connectivity index (χ0n) is 14.4. The van der Waals surface area contributed by atoms with Crippen molar-refractivity contribution in [3.63, 3.8) is 0 Å². The first-order valence-corrected chi connectivity index (χ1v) is 10.7. The van der Waals surface area contributed by atoms with Crippen LogP contribution in [-0.4, -0.2) is 52.2 Å². The Bertz CT molecular complexity index is 873. The van der Waals surface area contributed by atoms with Crippen LogP contribution in [0, 0.1) is 6.92 Å². The van der Waals surface area contributed by atoms with E-state index in [9.17, 15) is 13.2 Å². The van der Waals surface area contributed by atoms with Gasteiger partial charge in [0.15, 0.2) is 0 Å². The summed E-state index contributed by atoms with van der Waals surface area (Å²) in [5.74, 6) is 0.458. The maximum Gasteiger partial charge on any atom is 0.246 e. The van der Waals surface area contributed by atoms with Crippen LogP contribution in [0.25, 0.3) is 0 Å². The third-order valence-electron chi connectivity index (χ3n) is 4.24. The van der Waals surface area contributed by atoms with Crippen molar-refractivity contribution in [1.82, 2.24) is 19.1 Å². The fraction of sp³-hybridized carbons (Fsp3) is 0.533. The molecule has 3 heterocycles. The number of hydrogen-bond acceptors (Lipinski definition) is 6. The number of amides is 1. The summed E-state index contributed by atoms with van der Waals surface area (Å²) in [6.07, 6.45) is 3.99. The van der Waals surface area contributed by atoms with Gasteiger partial charge in [-0.1, -0.05) is 0 Å². The molecular weight excluding hydrogens is 362 g/mol. The predicted molar refractivity (Wildman–Crippen MR) is 95.8 cm³/mol. The average Bonchev–Trinajstić information content (AvgIpc) is 3.13. The topological polar surface area (TPSA) is 88.4 Å². The van der Waals surface area contributed by atoms with E-state index in [1.54, 1.807) is 28.9 Å². The van der Waals surface area contributed by atoms with Crippen LogP contribution in [-0.2, 0) is 28.4 Å². The summed E-state index contributed by atoms with van der Waals surface area (Å²) in [6, 6.07) is 1.04. The van der Waals surface area contributed by atoms with E-state index in [0.29, 0.717) is 24.5 Å². The fourth-order valence-corrected chi connectivity index (χ4v) is 4.71. The first kappa shape index (κ1) is 18.0. The molecule has 1 atom stereocenters. The average molecular weight is 383 g/mol. The number of nitrogens with zero attached hydrogens (tertiary/aromatic N) is 5. The summed E-state index contributed by atoms with van der Waals surface area (Å²) in [6.45, 7) is 2.54. The van der Waals surface area contributed by atoms with Gasteiger partial charge in [0.1, 0.15) is 11.9 Å². The summed E-state index contributed by atoms with van der Waals surface area (Å²) in [5.41, 5.74) is 0.665. The van der Waals surface area contributed by atoms with E-state index in [-0.39, 0.29) is 12.5 Å². The molecule has 3 rings (SSSR count). The molecule has 1 amide bonds. The number of thiazole rings is 1. The summed E-state index contributed by atoms with van der Waals surface area (Å²) in [7, 11) is -1.80. The van der Waals surface area contributed by atoms with Crippen LogP contribution in [0.15, 0.2) is 17.6 Å². The molecule has 1 saturated heterocycles. The van der Waals surface area contributed by atoms with Gasteiger partial charge in [-0.2, -0.15) is 9.40 Å². The van der Waals surface area contributed by atoms with Gasteiger partial charge in [-0.05, 0) is 19.8 Å². The second kappa shape index (κ2) is 6.85. The zero-order chi connectivity index (χ0) is 18.2. The zero-order valence-corrected chi connectivity index (χ0v) is 16.0. The number of aryl methyl sites for hydroxylation is 2. The molecule has 0 radical (unpaired) electrons. The molecule has 0 aromatic carbocycles. The van der Waals surface area contributed by atoms with E-state index in [4.69, 9.17) is 0 Å². The molecule has 1 aliphatic heterocycles. The van der Waals surface area contributed by atoms with Gasteiger partial charge >= 0.3 is 0 Å². The Morgan fingerprint density at radius 1 is 1.44 bits per heavy atom. The lowest BCUT2D eigenvalue weighted by molar-refractivity contribution is -0.123. The largest absolute Gasteiger partial charge is 0.296 e. The van der Waals surface area contributed by atoms with Crippen LogP contribution in [0.4, 0.5) is 5.82 Å². The van der Waals surface area contributed by atoms with Crippen molar-refractivity contribution in [1.29, 1.82) is 0 Å². The van der Waals surface area contributed by atoms with Crippen molar-refractivity contribution in [3.05, 3.63) is 28.3 Å². The van der Waals surface area contributed by atoms with Crippen LogP contribution in [0.2, 0.25) is 0 Å². The van der Waals surface area contributed by atoms with E-state index in [0.717, 1.165) is 17.7 Å². The molecule has 0 saturated carbocycles. The Balaban J connectivity index is 1.90. The molecular formula is C15H21N5O3S2. The van der Waals surface area contributed by atoms with Crippen molar-refractivity contribution in [3.8, 4) is 0 Å². The smallest absolute Gasteiger partial charge is 0.246 e. The number of carbonyl (C=O) groups excluding carboxylic acids is 1. The van der Waals surface area contributed by atoms with Crippen molar-refractivity contribution in [2.45, 2.75) is 32.4 Å². The minimum atomic E-state index is -3.56. The summed E-state index contributed by atoms with van der Waals surface area (Å²) < 4.78 is 27.6. The monoisotopic (exact) mass is 383 g/mol. The minimum absolute atomic E-state index is 0.110. The van der Waals surface area contributed by atoms with E-state index in [2.05, 4.69) is 10.1 Å². The number of hydrogen-bond donors (Lipinski definition) is 0. The lowest BCUT2D eigenvalue weighted by Gasteiger charge is -2.36. The quantitative estimate of drug-likeness (QED) is 0.773. The van der Waals surface area contributed by atoms with E-state index in [1.165, 1.54) is 15.6 Å². The molecule has 1 aliphatic rings. The molecule has 10 heteroatoms. The first-order valence-electron chi connectivity index (χ1n) is 7.94. The van der Waals surface area contributed by atoms with Crippen LogP contribution < -0.4 is 4.90 Å². The van der Waals surface area contributed by atoms with Crippen molar-refractivity contribution < 1.29 is 13.2 Å². The highest BCUT2D eigenvalue weighted by molar-refractivity contribution is 7.88. The van der Waals surface area contributed by atoms with Gasteiger partial charge in [-0.15, -0.1) is 11.3 Å². The second-order valence-electron chi connectivity index (χ2n) is 6.13. The first-order chi connectivity index (χ1) is 11.8. The third kappa shape index (κ3) is 3.75. The lowest BCUT2D eigenvalue weighted by Crippen LogP contribution is -2.54. The van der Waals surface area contributed by atoms with Gasteiger partial charge in [0.25, 0.3) is 0 Å². The number of piperidine rings is 1. The van der Waals surface area contributed by atoms with Crippen molar-refractivity contribution in [2.75, 3.05) is 17.7 Å². The molecule has 1 fully saturated rings. The van der Waals surface area contributed by atoms with Gasteiger partial charge in [0, 0.05) is 25.0 Å². The van der Waals surface area contributed by atoms with Gasteiger partial charge in [-0.3, -0.25) is 14.4 Å². The second-order valence-corrected chi connectivity index (χ2v) is 9.12. The highest BCUT2D eigenvalue weighted by atomic mass is 32.2. The lowest BCUT2D eigenvalue weighted by atomic mass is 10.0. The maximum atomic E-state index is 13.0. The Hall–Kier alpha value is -1.78. The summed E-state index contributed by atoms with van der Waals surface area (Å²) in [4.78, 5) is 19.0. The van der Waals surface area contributed by atoms with Crippen LogP contribution >= 0.6 is 11.3 Å². The highest BCUT2D eigenvalue weighted by Crippen LogP contribution is 2.26. The van der Waals surface area contributed by atoms with E-state index < -0.39 is 16.1 Å². The number of aromatic nitrogens is 3. The molecule has 0 unspecified atom stereocenters. The molecule has 0 bridgehead atoms. The van der Waals surface area contributed by atoms with Gasteiger partial charge in [0.2, 0.25) is 15.9 Å². The predicted octanol–water partition coefficient (Wildman–Crippen LogP) is 1.14. The van der Waals surface area contributed by atoms with Crippen LogP contribution in [0.5, 0.6) is 0 Å². The van der Waals surface area contributed by atoms with Crippen molar-refractivity contribution >= 4 is 33.1 Å². The Labute approximate surface area is 151 Å². The normalized spacial score (nSPS) is 19.0. The summed E-state index contributed by atoms with van der Waals surface area (Å²) >= 11 is 1.47. The third-order valence-corrected chi connectivity index (χ3v) is 6.30. The van der Waals surface area contributed by atoms with Gasteiger partial charge < -0.3 is 0 Å². The summed E-state index contributed by atoms with van der Waals surface area (Å²) in [5, 5.41) is 6.80. The van der Waals surface area contributed by atoms with E-state index in [1.807, 2.05) is 12.3 Å². The molecule has 136 valence electrons. The molecule has 2 aromatic heterocycles. The molecule has 8 nitrogen and oxygen atoms in total. The minimum Gasteiger partial charge on any atom is -0.296 e. The number of sulfonamides is 1. The molecule has 25 heavy (non-hydrogen) atoms. The van der Waals surface area contributed by atoms with E-state index >= 15 is 0 Å². The Morgan fingerprint density at radius 3 is 2.76 bits per heavy atom. The Morgan fingerprint density at radius 2 is 2.20 bits per heavy atom.